The van der Waals surface area contributed by atoms with E-state index in [9.17, 15) is 13.2 Å². The van der Waals surface area contributed by atoms with Crippen LogP contribution in [0.5, 0.6) is 5.75 Å². The van der Waals surface area contributed by atoms with Crippen LogP contribution >= 0.6 is 0 Å². The summed E-state index contributed by atoms with van der Waals surface area (Å²) in [6.45, 7) is 16.9. The molecule has 1 aliphatic heterocycles. The lowest BCUT2D eigenvalue weighted by Gasteiger charge is -2.38. The first-order valence-corrected chi connectivity index (χ1v) is 13.2. The van der Waals surface area contributed by atoms with Crippen LogP contribution < -0.4 is 10.1 Å². The third-order valence-corrected chi connectivity index (χ3v) is 10.5. The first kappa shape index (κ1) is 24.2. The van der Waals surface area contributed by atoms with Crippen molar-refractivity contribution in [3.05, 3.63) is 29.8 Å². The molecule has 166 valence electrons. The van der Waals surface area contributed by atoms with E-state index in [4.69, 9.17) is 4.43 Å². The van der Waals surface area contributed by atoms with Crippen molar-refractivity contribution in [2.24, 2.45) is 0 Å². The van der Waals surface area contributed by atoms with Gasteiger partial charge in [0.25, 0.3) is 0 Å². The molecular formula is C21H35F3N2O2Si. The molecule has 1 aliphatic rings. The summed E-state index contributed by atoms with van der Waals surface area (Å²) in [5, 5.41) is 3.60. The number of halogens is 3. The monoisotopic (exact) mass is 432 g/mol. The number of likely N-dealkylation sites (tertiary alicyclic amines) is 1. The van der Waals surface area contributed by atoms with Crippen molar-refractivity contribution in [2.75, 3.05) is 26.2 Å². The fourth-order valence-corrected chi connectivity index (χ4v) is 4.61. The zero-order valence-corrected chi connectivity index (χ0v) is 19.4. The third kappa shape index (κ3) is 7.59. The van der Waals surface area contributed by atoms with E-state index in [1.54, 1.807) is 12.1 Å². The van der Waals surface area contributed by atoms with Crippen LogP contribution in [-0.4, -0.2) is 51.9 Å². The summed E-state index contributed by atoms with van der Waals surface area (Å²) in [6, 6.07) is 6.08. The maximum Gasteiger partial charge on any atom is 0.573 e. The van der Waals surface area contributed by atoms with E-state index in [0.29, 0.717) is 6.10 Å². The predicted molar refractivity (Wildman–Crippen MR) is 113 cm³/mol. The zero-order chi connectivity index (χ0) is 21.9. The van der Waals surface area contributed by atoms with Gasteiger partial charge in [0.2, 0.25) is 0 Å². The molecule has 1 fully saturated rings. The molecular weight excluding hydrogens is 397 g/mol. The Bertz CT molecular complexity index is 662. The molecule has 1 N–H and O–H groups in total. The van der Waals surface area contributed by atoms with Crippen LogP contribution in [0.15, 0.2) is 24.3 Å². The molecule has 0 aromatic heterocycles. The van der Waals surface area contributed by atoms with Gasteiger partial charge in [-0.3, -0.25) is 4.90 Å². The summed E-state index contributed by atoms with van der Waals surface area (Å²) in [6.07, 6.45) is -3.32. The Morgan fingerprint density at radius 2 is 1.93 bits per heavy atom. The first-order valence-electron chi connectivity index (χ1n) is 10.3. The molecule has 2 atom stereocenters. The van der Waals surface area contributed by atoms with E-state index < -0.39 is 14.7 Å². The lowest BCUT2D eigenvalue weighted by atomic mass is 10.1. The lowest BCUT2D eigenvalue weighted by molar-refractivity contribution is -0.274. The van der Waals surface area contributed by atoms with E-state index >= 15 is 0 Å². The van der Waals surface area contributed by atoms with Crippen molar-refractivity contribution in [3.8, 4) is 5.75 Å². The average Bonchev–Trinajstić information content (AvgIpc) is 2.99. The van der Waals surface area contributed by atoms with Gasteiger partial charge in [-0.25, -0.2) is 0 Å². The Balaban J connectivity index is 1.77. The van der Waals surface area contributed by atoms with Crippen LogP contribution in [0.25, 0.3) is 0 Å². The number of alkyl halides is 3. The van der Waals surface area contributed by atoms with Gasteiger partial charge in [-0.05, 0) is 49.2 Å². The minimum Gasteiger partial charge on any atom is -0.413 e. The number of hydrogen-bond acceptors (Lipinski definition) is 4. The highest BCUT2D eigenvalue weighted by Crippen LogP contribution is 2.38. The molecule has 0 amide bonds. The summed E-state index contributed by atoms with van der Waals surface area (Å²) in [5.41, 5.74) is 0.771. The van der Waals surface area contributed by atoms with Gasteiger partial charge in [0.1, 0.15) is 5.75 Å². The van der Waals surface area contributed by atoms with Gasteiger partial charge in [-0.15, -0.1) is 13.2 Å². The summed E-state index contributed by atoms with van der Waals surface area (Å²) >= 11 is 0. The topological polar surface area (TPSA) is 33.7 Å². The molecule has 1 aromatic carbocycles. The Morgan fingerprint density at radius 3 is 2.55 bits per heavy atom. The quantitative estimate of drug-likeness (QED) is 0.563. The summed E-state index contributed by atoms with van der Waals surface area (Å²) in [5.74, 6) is -0.186. The van der Waals surface area contributed by atoms with E-state index in [2.05, 4.69) is 48.8 Å². The fourth-order valence-electron chi connectivity index (χ4n) is 3.23. The Morgan fingerprint density at radius 1 is 1.24 bits per heavy atom. The fraction of sp³-hybridized carbons (Fsp3) is 0.714. The van der Waals surface area contributed by atoms with E-state index in [1.165, 1.54) is 12.1 Å². The van der Waals surface area contributed by atoms with Crippen molar-refractivity contribution in [1.82, 2.24) is 10.2 Å². The van der Waals surface area contributed by atoms with Gasteiger partial charge in [-0.2, -0.15) is 0 Å². The summed E-state index contributed by atoms with van der Waals surface area (Å²) in [4.78, 5) is 2.39. The summed E-state index contributed by atoms with van der Waals surface area (Å²) in [7, 11) is -1.75. The van der Waals surface area contributed by atoms with Crippen LogP contribution in [0.1, 0.15) is 45.7 Å². The minimum atomic E-state index is -4.67. The largest absolute Gasteiger partial charge is 0.573 e. The van der Waals surface area contributed by atoms with Crippen LogP contribution in [0.4, 0.5) is 13.2 Å². The van der Waals surface area contributed by atoms with Gasteiger partial charge in [0.15, 0.2) is 8.32 Å². The van der Waals surface area contributed by atoms with Crippen LogP contribution in [0, 0.1) is 0 Å². The second-order valence-electron chi connectivity index (χ2n) is 9.39. The predicted octanol–water partition coefficient (Wildman–Crippen LogP) is 5.33. The molecule has 0 saturated carbocycles. The Kier molecular flexibility index (Phi) is 7.81. The number of rotatable bonds is 8. The van der Waals surface area contributed by atoms with Gasteiger partial charge in [0, 0.05) is 32.2 Å². The standard InChI is InChI=1S/C21H35F3N2O2Si/c1-16(17-8-7-9-18(14-17)27-21(22,23)24)25-11-13-26-12-10-19(15-26)28-29(5,6)20(2,3)4/h7-9,14,16,19,25H,10-13,15H2,1-6H3/t16-,19-/m0/s1. The Hall–Kier alpha value is -1.09. The maximum atomic E-state index is 12.4. The van der Waals surface area contributed by atoms with Gasteiger partial charge in [0.05, 0.1) is 6.10 Å². The number of benzene rings is 1. The molecule has 1 saturated heterocycles. The highest BCUT2D eigenvalue weighted by atomic mass is 28.4. The second-order valence-corrected chi connectivity index (χ2v) is 14.1. The number of nitrogens with one attached hydrogen (secondary N) is 1. The average molecular weight is 433 g/mol. The SMILES string of the molecule is C[C@H](NCCN1CC[C@H](O[Si](C)(C)C(C)(C)C)C1)c1cccc(OC(F)(F)F)c1. The van der Waals surface area contributed by atoms with Crippen LogP contribution in [0.2, 0.25) is 18.1 Å². The minimum absolute atomic E-state index is 0.0614. The van der Waals surface area contributed by atoms with Gasteiger partial charge >= 0.3 is 6.36 Å². The lowest BCUT2D eigenvalue weighted by Crippen LogP contribution is -2.44. The van der Waals surface area contributed by atoms with E-state index in [1.807, 2.05) is 6.92 Å². The highest BCUT2D eigenvalue weighted by molar-refractivity contribution is 6.74. The van der Waals surface area contributed by atoms with Gasteiger partial charge in [-0.1, -0.05) is 32.9 Å². The molecule has 0 spiro atoms. The third-order valence-electron chi connectivity index (χ3n) is 5.97. The molecule has 0 aliphatic carbocycles. The normalized spacial score (nSPS) is 20.1. The highest BCUT2D eigenvalue weighted by Gasteiger charge is 2.40. The molecule has 1 heterocycles. The van der Waals surface area contributed by atoms with E-state index in [-0.39, 0.29) is 16.8 Å². The van der Waals surface area contributed by atoms with Crippen LogP contribution in [0.3, 0.4) is 0 Å². The van der Waals surface area contributed by atoms with Crippen molar-refractivity contribution in [3.63, 3.8) is 0 Å². The van der Waals surface area contributed by atoms with Crippen molar-refractivity contribution < 1.29 is 22.3 Å². The van der Waals surface area contributed by atoms with Crippen molar-refractivity contribution >= 4 is 8.32 Å². The maximum absolute atomic E-state index is 12.4. The number of nitrogens with zero attached hydrogens (tertiary/aromatic N) is 1. The Labute approximate surface area is 173 Å². The molecule has 1 aromatic rings. The molecule has 4 nitrogen and oxygen atoms in total. The summed E-state index contributed by atoms with van der Waals surface area (Å²) < 4.78 is 47.7. The zero-order valence-electron chi connectivity index (χ0n) is 18.4. The molecule has 8 heteroatoms. The second kappa shape index (κ2) is 9.37. The molecule has 0 radical (unpaired) electrons. The molecule has 0 bridgehead atoms. The van der Waals surface area contributed by atoms with Crippen molar-refractivity contribution in [1.29, 1.82) is 0 Å². The number of ether oxygens (including phenoxy) is 1. The molecule has 0 unspecified atom stereocenters. The molecule has 2 rings (SSSR count). The van der Waals surface area contributed by atoms with Crippen LogP contribution in [-0.2, 0) is 4.43 Å². The van der Waals surface area contributed by atoms with Crippen molar-refractivity contribution in [2.45, 2.75) is 70.8 Å². The number of hydrogen-bond donors (Lipinski definition) is 1. The first-order chi connectivity index (χ1) is 13.3. The smallest absolute Gasteiger partial charge is 0.413 e. The molecule has 29 heavy (non-hydrogen) atoms. The van der Waals surface area contributed by atoms with Gasteiger partial charge < -0.3 is 14.5 Å². The van der Waals surface area contributed by atoms with E-state index in [0.717, 1.165) is 38.2 Å².